The molecule has 1 heterocycles. The fourth-order valence-electron chi connectivity index (χ4n) is 9.95. The van der Waals surface area contributed by atoms with Crippen molar-refractivity contribution in [2.75, 3.05) is 12.1 Å². The minimum Gasteiger partial charge on any atom is -0.497 e. The Kier molecular flexibility index (Phi) is 6.42. The quantitative estimate of drug-likeness (QED) is 0.399. The molecule has 0 saturated heterocycles. The number of rotatable bonds is 4. The number of hydrazone groups is 1. The van der Waals surface area contributed by atoms with Crippen molar-refractivity contribution in [1.29, 1.82) is 0 Å². The van der Waals surface area contributed by atoms with E-state index in [-0.39, 0.29) is 12.1 Å². The van der Waals surface area contributed by atoms with E-state index in [1.165, 1.54) is 48.9 Å². The first kappa shape index (κ1) is 26.3. The molecule has 4 aliphatic carbocycles. The Morgan fingerprint density at radius 2 is 1.68 bits per heavy atom. The zero-order chi connectivity index (χ0) is 27.6. The number of fused-ring (bicyclic) bond motifs is 5. The second kappa shape index (κ2) is 9.76. The summed E-state index contributed by atoms with van der Waals surface area (Å²) >= 11 is 0. The van der Waals surface area contributed by atoms with Crippen molar-refractivity contribution in [3.8, 4) is 5.75 Å². The number of ether oxygens (including phenoxy) is 1. The van der Waals surface area contributed by atoms with Gasteiger partial charge in [0.1, 0.15) is 5.75 Å². The molecule has 5 aliphatic rings. The summed E-state index contributed by atoms with van der Waals surface area (Å²) in [4.78, 5) is 0. The third-order valence-electron chi connectivity index (χ3n) is 12.2. The number of aryl methyl sites for hydroxylation is 1. The summed E-state index contributed by atoms with van der Waals surface area (Å²) in [6.07, 6.45) is 12.9. The Balaban J connectivity index is 1.19. The number of aliphatic hydroxyl groups is 1. The summed E-state index contributed by atoms with van der Waals surface area (Å²) in [6, 6.07) is 17.7. The number of hydrogen-bond donors (Lipinski definition) is 1. The van der Waals surface area contributed by atoms with Crippen LogP contribution in [-0.4, -0.2) is 24.0 Å². The minimum absolute atomic E-state index is 0.129. The first-order valence-corrected chi connectivity index (χ1v) is 15.7. The smallest absolute Gasteiger partial charge is 0.119 e. The molecule has 212 valence electrons. The molecular formula is C36H46N2O2. The molecule has 4 heteroatoms. The van der Waals surface area contributed by atoms with Crippen molar-refractivity contribution in [3.05, 3.63) is 71.3 Å². The lowest BCUT2D eigenvalue weighted by molar-refractivity contribution is -0.0424. The van der Waals surface area contributed by atoms with E-state index >= 15 is 0 Å². The van der Waals surface area contributed by atoms with Gasteiger partial charge in [-0.1, -0.05) is 55.3 Å². The normalized spacial score (nSPS) is 38.7. The van der Waals surface area contributed by atoms with Crippen LogP contribution in [0.15, 0.2) is 65.3 Å². The molecule has 7 rings (SSSR count). The van der Waals surface area contributed by atoms with Gasteiger partial charge in [-0.3, -0.25) is 5.01 Å². The Morgan fingerprint density at radius 3 is 2.42 bits per heavy atom. The Bertz CT molecular complexity index is 1310. The zero-order valence-electron chi connectivity index (χ0n) is 24.8. The van der Waals surface area contributed by atoms with Gasteiger partial charge in [0.25, 0.3) is 0 Å². The highest BCUT2D eigenvalue weighted by atomic mass is 16.5. The lowest BCUT2D eigenvalue weighted by Crippen LogP contribution is -2.51. The maximum Gasteiger partial charge on any atom is 0.119 e. The van der Waals surface area contributed by atoms with Crippen LogP contribution < -0.4 is 9.75 Å². The second-order valence-corrected chi connectivity index (χ2v) is 14.1. The lowest BCUT2D eigenvalue weighted by atomic mass is 9.47. The molecule has 8 atom stereocenters. The van der Waals surface area contributed by atoms with Crippen molar-refractivity contribution in [2.24, 2.45) is 39.6 Å². The molecule has 40 heavy (non-hydrogen) atoms. The molecule has 0 bridgehead atoms. The van der Waals surface area contributed by atoms with Gasteiger partial charge in [0.05, 0.1) is 24.9 Å². The highest BCUT2D eigenvalue weighted by Crippen LogP contribution is 2.67. The van der Waals surface area contributed by atoms with Crippen molar-refractivity contribution in [2.45, 2.75) is 90.7 Å². The van der Waals surface area contributed by atoms with Gasteiger partial charge in [-0.2, -0.15) is 5.10 Å². The van der Waals surface area contributed by atoms with Crippen molar-refractivity contribution in [1.82, 2.24) is 0 Å². The predicted molar refractivity (Wildman–Crippen MR) is 163 cm³/mol. The molecule has 4 nitrogen and oxygen atoms in total. The summed E-state index contributed by atoms with van der Waals surface area (Å²) < 4.78 is 5.45. The number of benzene rings is 2. The molecule has 0 amide bonds. The first-order chi connectivity index (χ1) is 19.3. The standard InChI is InChI=1S/C36H46N2O2/c1-23-5-7-24(8-6-23)34-22-33(37-38(34)26-10-12-28(40-4)13-11-26)32-16-15-30-29-14-9-25-21-27(39)17-19-35(25,2)31(29)18-20-36(30,32)3/h5-13,27,29-32,34,39H,14-22H2,1-4H3/t27-,29-,30-,31-,32+,34?,35-,36-/m0/s1. The third-order valence-corrected chi connectivity index (χ3v) is 12.2. The molecule has 2 aromatic rings. The number of nitrogens with zero attached hydrogens (tertiary/aromatic N) is 2. The fourth-order valence-corrected chi connectivity index (χ4v) is 9.95. The third kappa shape index (κ3) is 4.08. The molecular weight excluding hydrogens is 492 g/mol. The van der Waals surface area contributed by atoms with Crippen molar-refractivity contribution in [3.63, 3.8) is 0 Å². The molecule has 0 aromatic heterocycles. The highest BCUT2D eigenvalue weighted by molar-refractivity contribution is 5.92. The molecule has 0 radical (unpaired) electrons. The molecule has 2 aromatic carbocycles. The van der Waals surface area contributed by atoms with Crippen LogP contribution in [0.2, 0.25) is 0 Å². The van der Waals surface area contributed by atoms with Gasteiger partial charge >= 0.3 is 0 Å². The minimum atomic E-state index is -0.129. The summed E-state index contributed by atoms with van der Waals surface area (Å²) in [5.41, 5.74) is 7.40. The number of anilines is 1. The van der Waals surface area contributed by atoms with Crippen LogP contribution in [0, 0.1) is 41.4 Å². The summed E-state index contributed by atoms with van der Waals surface area (Å²) in [5, 5.41) is 18.2. The number of hydrogen-bond acceptors (Lipinski definition) is 4. The van der Waals surface area contributed by atoms with Crippen LogP contribution >= 0.6 is 0 Å². The van der Waals surface area contributed by atoms with E-state index in [2.05, 4.69) is 80.4 Å². The SMILES string of the molecule is COc1ccc(N2N=C([C@H]3CC[C@H]4[C@@H]5CC=C6C[C@@H](O)CC[C@]6(C)[C@H]5CC[C@]34C)CC2c2ccc(C)cc2)cc1. The van der Waals surface area contributed by atoms with Gasteiger partial charge in [0.15, 0.2) is 0 Å². The average Bonchev–Trinajstić information content (AvgIpc) is 3.55. The van der Waals surface area contributed by atoms with E-state index in [0.29, 0.717) is 16.7 Å². The second-order valence-electron chi connectivity index (χ2n) is 14.1. The average molecular weight is 539 g/mol. The van der Waals surface area contributed by atoms with Gasteiger partial charge in [0.2, 0.25) is 0 Å². The van der Waals surface area contributed by atoms with E-state index in [4.69, 9.17) is 9.84 Å². The van der Waals surface area contributed by atoms with Crippen LogP contribution in [0.5, 0.6) is 5.75 Å². The van der Waals surface area contributed by atoms with E-state index < -0.39 is 0 Å². The topological polar surface area (TPSA) is 45.1 Å². The Morgan fingerprint density at radius 1 is 0.900 bits per heavy atom. The van der Waals surface area contributed by atoms with Gasteiger partial charge in [-0.15, -0.1) is 0 Å². The summed E-state index contributed by atoms with van der Waals surface area (Å²) in [5.74, 6) is 3.76. The lowest BCUT2D eigenvalue weighted by Gasteiger charge is -2.58. The highest BCUT2D eigenvalue weighted by Gasteiger charge is 2.59. The van der Waals surface area contributed by atoms with E-state index in [1.54, 1.807) is 12.7 Å². The first-order valence-electron chi connectivity index (χ1n) is 15.7. The Hall–Kier alpha value is -2.59. The molecule has 3 fully saturated rings. The van der Waals surface area contributed by atoms with Gasteiger partial charge in [-0.25, -0.2) is 0 Å². The van der Waals surface area contributed by atoms with Crippen LogP contribution in [0.4, 0.5) is 5.69 Å². The van der Waals surface area contributed by atoms with E-state index in [1.807, 2.05) is 0 Å². The van der Waals surface area contributed by atoms with Gasteiger partial charge in [0, 0.05) is 18.1 Å². The monoisotopic (exact) mass is 538 g/mol. The number of allylic oxidation sites excluding steroid dienone is 1. The molecule has 1 N–H and O–H groups in total. The van der Waals surface area contributed by atoms with Gasteiger partial charge in [-0.05, 0) is 117 Å². The molecule has 1 aliphatic heterocycles. The number of aliphatic hydroxyl groups excluding tert-OH is 1. The maximum absolute atomic E-state index is 10.4. The maximum atomic E-state index is 10.4. The van der Waals surface area contributed by atoms with Gasteiger partial charge < -0.3 is 9.84 Å². The predicted octanol–water partition coefficient (Wildman–Crippen LogP) is 8.25. The van der Waals surface area contributed by atoms with E-state index in [9.17, 15) is 5.11 Å². The van der Waals surface area contributed by atoms with Crippen LogP contribution in [0.1, 0.15) is 88.8 Å². The zero-order valence-corrected chi connectivity index (χ0v) is 24.8. The number of methoxy groups -OCH3 is 1. The van der Waals surface area contributed by atoms with Crippen molar-refractivity contribution >= 4 is 11.4 Å². The molecule has 1 unspecified atom stereocenters. The van der Waals surface area contributed by atoms with Crippen LogP contribution in [-0.2, 0) is 0 Å². The molecule has 3 saturated carbocycles. The summed E-state index contributed by atoms with van der Waals surface area (Å²) in [6.45, 7) is 7.32. The Labute approximate surface area is 240 Å². The van der Waals surface area contributed by atoms with Crippen LogP contribution in [0.25, 0.3) is 0 Å². The fraction of sp³-hybridized carbons (Fsp3) is 0.583. The summed E-state index contributed by atoms with van der Waals surface area (Å²) in [7, 11) is 1.73. The van der Waals surface area contributed by atoms with Crippen LogP contribution in [0.3, 0.4) is 0 Å². The largest absolute Gasteiger partial charge is 0.497 e. The van der Waals surface area contributed by atoms with E-state index in [0.717, 1.165) is 54.9 Å². The molecule has 0 spiro atoms. The van der Waals surface area contributed by atoms with Crippen molar-refractivity contribution < 1.29 is 9.84 Å².